The fourth-order valence-electron chi connectivity index (χ4n) is 2.37. The molecule has 0 aliphatic heterocycles. The SMILES string of the molecule is COc1ccccc1CC(=O)OCC(=O)Nc1ccc(Cl)c(S(=O)(=O)N(C)C)c1. The van der Waals surface area contributed by atoms with Crippen LogP contribution in [0.1, 0.15) is 5.56 Å². The van der Waals surface area contributed by atoms with E-state index in [1.54, 1.807) is 24.3 Å². The van der Waals surface area contributed by atoms with Gasteiger partial charge < -0.3 is 14.8 Å². The third-order valence-corrected chi connectivity index (χ3v) is 6.16. The average Bonchev–Trinajstić information content (AvgIpc) is 2.68. The summed E-state index contributed by atoms with van der Waals surface area (Å²) in [6.07, 6.45) is -0.0521. The van der Waals surface area contributed by atoms with Crippen LogP contribution >= 0.6 is 11.6 Å². The Morgan fingerprint density at radius 1 is 1.14 bits per heavy atom. The van der Waals surface area contributed by atoms with Crippen molar-refractivity contribution in [1.82, 2.24) is 4.31 Å². The van der Waals surface area contributed by atoms with E-state index < -0.39 is 28.5 Å². The molecule has 0 saturated carbocycles. The van der Waals surface area contributed by atoms with E-state index in [9.17, 15) is 18.0 Å². The van der Waals surface area contributed by atoms with Crippen molar-refractivity contribution in [3.05, 3.63) is 53.1 Å². The minimum absolute atomic E-state index is 0.0277. The summed E-state index contributed by atoms with van der Waals surface area (Å²) in [5.74, 6) is -0.671. The van der Waals surface area contributed by atoms with Gasteiger partial charge in [-0.1, -0.05) is 29.8 Å². The zero-order valence-corrected chi connectivity index (χ0v) is 17.7. The van der Waals surface area contributed by atoms with Gasteiger partial charge in [-0.3, -0.25) is 9.59 Å². The van der Waals surface area contributed by atoms with Crippen LogP contribution in [0.4, 0.5) is 5.69 Å². The van der Waals surface area contributed by atoms with Gasteiger partial charge in [-0.2, -0.15) is 0 Å². The van der Waals surface area contributed by atoms with E-state index in [2.05, 4.69) is 5.32 Å². The molecule has 0 aliphatic rings. The molecule has 0 aromatic heterocycles. The number of ether oxygens (including phenoxy) is 2. The van der Waals surface area contributed by atoms with Crippen LogP contribution in [-0.4, -0.2) is 52.4 Å². The fraction of sp³-hybridized carbons (Fsp3) is 0.263. The van der Waals surface area contributed by atoms with E-state index in [1.807, 2.05) is 0 Å². The molecule has 2 rings (SSSR count). The second-order valence-electron chi connectivity index (χ2n) is 6.13. The van der Waals surface area contributed by atoms with Gasteiger partial charge in [0.15, 0.2) is 6.61 Å². The maximum Gasteiger partial charge on any atom is 0.310 e. The monoisotopic (exact) mass is 440 g/mol. The number of para-hydroxylation sites is 1. The van der Waals surface area contributed by atoms with Gasteiger partial charge in [0.25, 0.3) is 5.91 Å². The van der Waals surface area contributed by atoms with Crippen LogP contribution in [-0.2, 0) is 30.8 Å². The Bertz CT molecular complexity index is 1010. The predicted octanol–water partition coefficient (Wildman–Crippen LogP) is 2.32. The molecule has 1 amide bonds. The number of anilines is 1. The molecule has 0 unspecified atom stereocenters. The number of methoxy groups -OCH3 is 1. The lowest BCUT2D eigenvalue weighted by atomic mass is 10.1. The molecule has 29 heavy (non-hydrogen) atoms. The first kappa shape index (κ1) is 22.7. The molecule has 0 saturated heterocycles. The maximum atomic E-state index is 12.3. The van der Waals surface area contributed by atoms with Crippen molar-refractivity contribution >= 4 is 39.2 Å². The number of hydrogen-bond donors (Lipinski definition) is 1. The van der Waals surface area contributed by atoms with Crippen molar-refractivity contribution in [2.75, 3.05) is 33.1 Å². The maximum absolute atomic E-state index is 12.3. The number of hydrogen-bond acceptors (Lipinski definition) is 6. The average molecular weight is 441 g/mol. The molecule has 10 heteroatoms. The fourth-order valence-corrected chi connectivity index (χ4v) is 3.77. The predicted molar refractivity (Wildman–Crippen MR) is 109 cm³/mol. The van der Waals surface area contributed by atoms with Gasteiger partial charge in [0, 0.05) is 25.3 Å². The van der Waals surface area contributed by atoms with Crippen molar-refractivity contribution in [2.24, 2.45) is 0 Å². The first-order valence-corrected chi connectivity index (χ1v) is 10.3. The van der Waals surface area contributed by atoms with E-state index in [0.29, 0.717) is 11.3 Å². The normalized spacial score (nSPS) is 11.2. The Morgan fingerprint density at radius 2 is 1.83 bits per heavy atom. The molecule has 0 spiro atoms. The lowest BCUT2D eigenvalue weighted by Gasteiger charge is -2.14. The van der Waals surface area contributed by atoms with Gasteiger partial charge in [-0.25, -0.2) is 12.7 Å². The van der Waals surface area contributed by atoms with Crippen molar-refractivity contribution in [1.29, 1.82) is 0 Å². The van der Waals surface area contributed by atoms with Crippen LogP contribution in [0.2, 0.25) is 5.02 Å². The smallest absolute Gasteiger partial charge is 0.310 e. The molecular weight excluding hydrogens is 420 g/mol. The molecule has 8 nitrogen and oxygen atoms in total. The van der Waals surface area contributed by atoms with Gasteiger partial charge in [0.1, 0.15) is 10.6 Å². The molecule has 2 aromatic carbocycles. The molecule has 0 aliphatic carbocycles. The van der Waals surface area contributed by atoms with Crippen molar-refractivity contribution in [3.63, 3.8) is 0 Å². The number of nitrogens with zero attached hydrogens (tertiary/aromatic N) is 1. The highest BCUT2D eigenvalue weighted by Gasteiger charge is 2.21. The molecule has 0 bridgehead atoms. The van der Waals surface area contributed by atoms with Gasteiger partial charge in [-0.05, 0) is 24.3 Å². The van der Waals surface area contributed by atoms with Crippen LogP contribution in [0.3, 0.4) is 0 Å². The third kappa shape index (κ3) is 5.93. The van der Waals surface area contributed by atoms with E-state index in [4.69, 9.17) is 21.1 Å². The molecule has 0 fully saturated rings. The van der Waals surface area contributed by atoms with E-state index in [0.717, 1.165) is 4.31 Å². The second-order valence-corrected chi connectivity index (χ2v) is 8.66. The van der Waals surface area contributed by atoms with Crippen molar-refractivity contribution in [2.45, 2.75) is 11.3 Å². The number of amides is 1. The summed E-state index contributed by atoms with van der Waals surface area (Å²) < 4.78 is 35.7. The first-order valence-electron chi connectivity index (χ1n) is 8.44. The Balaban J connectivity index is 1.98. The third-order valence-electron chi connectivity index (χ3n) is 3.87. The number of rotatable bonds is 8. The lowest BCUT2D eigenvalue weighted by Crippen LogP contribution is -2.24. The Labute approximate surface area is 174 Å². The summed E-state index contributed by atoms with van der Waals surface area (Å²) in [5.41, 5.74) is 0.845. The number of halogens is 1. The summed E-state index contributed by atoms with van der Waals surface area (Å²) in [5, 5.41) is 2.51. The van der Waals surface area contributed by atoms with Crippen LogP contribution in [0.15, 0.2) is 47.4 Å². The number of sulfonamides is 1. The number of carbonyl (C=O) groups excluding carboxylic acids is 2. The molecule has 0 atom stereocenters. The minimum atomic E-state index is -3.78. The van der Waals surface area contributed by atoms with Gasteiger partial charge in [0.2, 0.25) is 10.0 Å². The number of benzene rings is 2. The molecule has 2 aromatic rings. The summed E-state index contributed by atoms with van der Waals surface area (Å²) in [7, 11) is 0.461. The highest BCUT2D eigenvalue weighted by molar-refractivity contribution is 7.89. The summed E-state index contributed by atoms with van der Waals surface area (Å²) in [4.78, 5) is 23.9. The zero-order chi connectivity index (χ0) is 21.6. The van der Waals surface area contributed by atoms with E-state index >= 15 is 0 Å². The standard InChI is InChI=1S/C19H21ClN2O6S/c1-22(2)29(25,26)17-11-14(8-9-15(17)20)21-18(23)12-28-19(24)10-13-6-4-5-7-16(13)27-3/h4-9,11H,10,12H2,1-3H3,(H,21,23). The molecular formula is C19H21ClN2O6S. The van der Waals surface area contributed by atoms with Crippen molar-refractivity contribution < 1.29 is 27.5 Å². The van der Waals surface area contributed by atoms with Gasteiger partial charge in [-0.15, -0.1) is 0 Å². The Morgan fingerprint density at radius 3 is 2.48 bits per heavy atom. The topological polar surface area (TPSA) is 102 Å². The summed E-state index contributed by atoms with van der Waals surface area (Å²) >= 11 is 5.97. The van der Waals surface area contributed by atoms with Crippen molar-refractivity contribution in [3.8, 4) is 5.75 Å². The summed E-state index contributed by atoms with van der Waals surface area (Å²) in [6, 6.07) is 11.0. The highest BCUT2D eigenvalue weighted by atomic mass is 35.5. The van der Waals surface area contributed by atoms with Gasteiger partial charge in [0.05, 0.1) is 18.6 Å². The summed E-state index contributed by atoms with van der Waals surface area (Å²) in [6.45, 7) is -0.521. The van der Waals surface area contributed by atoms with E-state index in [1.165, 1.54) is 39.4 Å². The largest absolute Gasteiger partial charge is 0.496 e. The second kappa shape index (κ2) is 9.73. The Hall–Kier alpha value is -2.62. The quantitative estimate of drug-likeness (QED) is 0.632. The minimum Gasteiger partial charge on any atom is -0.496 e. The number of nitrogens with one attached hydrogen (secondary N) is 1. The van der Waals surface area contributed by atoms with E-state index in [-0.39, 0.29) is 22.0 Å². The molecule has 1 N–H and O–H groups in total. The number of carbonyl (C=O) groups is 2. The Kier molecular flexibility index (Phi) is 7.60. The van der Waals surface area contributed by atoms with Crippen LogP contribution < -0.4 is 10.1 Å². The van der Waals surface area contributed by atoms with Gasteiger partial charge >= 0.3 is 5.97 Å². The van der Waals surface area contributed by atoms with Crippen LogP contribution in [0, 0.1) is 0 Å². The van der Waals surface area contributed by atoms with Crippen LogP contribution in [0.25, 0.3) is 0 Å². The molecule has 0 radical (unpaired) electrons. The zero-order valence-electron chi connectivity index (χ0n) is 16.1. The number of esters is 1. The van der Waals surface area contributed by atoms with Crippen LogP contribution in [0.5, 0.6) is 5.75 Å². The molecule has 156 valence electrons. The lowest BCUT2D eigenvalue weighted by molar-refractivity contribution is -0.146. The molecule has 0 heterocycles. The highest BCUT2D eigenvalue weighted by Crippen LogP contribution is 2.26. The first-order chi connectivity index (χ1) is 13.6.